The normalized spacial score (nSPS) is 16.1. The second-order valence-corrected chi connectivity index (χ2v) is 5.28. The van der Waals surface area contributed by atoms with E-state index in [1.165, 1.54) is 24.3 Å². The van der Waals surface area contributed by atoms with Crippen molar-refractivity contribution < 1.29 is 9.63 Å². The van der Waals surface area contributed by atoms with Gasteiger partial charge in [0, 0.05) is 13.5 Å². The number of rotatable bonds is 6. The van der Waals surface area contributed by atoms with Crippen LogP contribution in [0, 0.1) is 0 Å². The predicted octanol–water partition coefficient (Wildman–Crippen LogP) is 2.45. The topological polar surface area (TPSA) is 32.8 Å². The Bertz CT molecular complexity index is 402. The molecular weight excluding hydrogens is 252 g/mol. The lowest BCUT2D eigenvalue weighted by Gasteiger charge is -2.29. The number of nitrogens with zero attached hydrogens (tertiary/aromatic N) is 2. The maximum Gasteiger partial charge on any atom is 0.243 e. The molecule has 1 aliphatic rings. The molecule has 0 aliphatic carbocycles. The van der Waals surface area contributed by atoms with E-state index in [2.05, 4.69) is 4.90 Å². The van der Waals surface area contributed by atoms with E-state index < -0.39 is 0 Å². The number of amides is 1. The molecule has 1 fully saturated rings. The molecule has 110 valence electrons. The molecule has 1 saturated heterocycles. The van der Waals surface area contributed by atoms with Crippen molar-refractivity contribution in [2.24, 2.45) is 0 Å². The van der Waals surface area contributed by atoms with Crippen molar-refractivity contribution >= 4 is 5.91 Å². The van der Waals surface area contributed by atoms with Gasteiger partial charge >= 0.3 is 0 Å². The molecular formula is C16H24N2O2. The summed E-state index contributed by atoms with van der Waals surface area (Å²) in [6.45, 7) is 5.83. The van der Waals surface area contributed by atoms with Crippen molar-refractivity contribution in [3.05, 3.63) is 35.9 Å². The number of piperidine rings is 1. The van der Waals surface area contributed by atoms with E-state index in [9.17, 15) is 4.79 Å². The molecule has 0 unspecified atom stereocenters. The minimum absolute atomic E-state index is 0.0297. The lowest BCUT2D eigenvalue weighted by molar-refractivity contribution is -0.190. The smallest absolute Gasteiger partial charge is 0.243 e. The van der Waals surface area contributed by atoms with Crippen LogP contribution in [-0.2, 0) is 16.2 Å². The van der Waals surface area contributed by atoms with E-state index in [4.69, 9.17) is 4.84 Å². The highest BCUT2D eigenvalue weighted by molar-refractivity contribution is 5.71. The summed E-state index contributed by atoms with van der Waals surface area (Å²) in [7, 11) is 0. The van der Waals surface area contributed by atoms with Crippen LogP contribution in [0.3, 0.4) is 0 Å². The summed E-state index contributed by atoms with van der Waals surface area (Å²) in [5.74, 6) is -0.0297. The van der Waals surface area contributed by atoms with Gasteiger partial charge in [-0.05, 0) is 31.5 Å². The number of benzene rings is 1. The zero-order chi connectivity index (χ0) is 14.2. The van der Waals surface area contributed by atoms with Crippen LogP contribution in [0.5, 0.6) is 0 Å². The maximum atomic E-state index is 11.6. The lowest BCUT2D eigenvalue weighted by Crippen LogP contribution is -2.39. The average molecular weight is 276 g/mol. The SMILES string of the molecule is CC(=O)N(CCN1CCCCC1)OCc1ccccc1. The van der Waals surface area contributed by atoms with Crippen molar-refractivity contribution in [3.8, 4) is 0 Å². The molecule has 0 aromatic heterocycles. The maximum absolute atomic E-state index is 11.6. The number of likely N-dealkylation sites (tertiary alicyclic amines) is 1. The molecule has 0 radical (unpaired) electrons. The zero-order valence-electron chi connectivity index (χ0n) is 12.3. The first-order valence-corrected chi connectivity index (χ1v) is 7.43. The highest BCUT2D eigenvalue weighted by Gasteiger charge is 2.14. The Balaban J connectivity index is 1.76. The van der Waals surface area contributed by atoms with Crippen molar-refractivity contribution in [1.29, 1.82) is 0 Å². The minimum Gasteiger partial charge on any atom is -0.301 e. The first kappa shape index (κ1) is 15.0. The molecule has 1 heterocycles. The zero-order valence-corrected chi connectivity index (χ0v) is 12.3. The van der Waals surface area contributed by atoms with Gasteiger partial charge < -0.3 is 4.90 Å². The third kappa shape index (κ3) is 4.94. The molecule has 0 N–H and O–H groups in total. The van der Waals surface area contributed by atoms with Gasteiger partial charge in [0.25, 0.3) is 0 Å². The molecule has 0 atom stereocenters. The van der Waals surface area contributed by atoms with E-state index in [1.54, 1.807) is 6.92 Å². The fraction of sp³-hybridized carbons (Fsp3) is 0.562. The van der Waals surface area contributed by atoms with Crippen LogP contribution in [0.4, 0.5) is 0 Å². The molecule has 2 rings (SSSR count). The first-order valence-electron chi connectivity index (χ1n) is 7.43. The van der Waals surface area contributed by atoms with E-state index in [-0.39, 0.29) is 5.91 Å². The van der Waals surface area contributed by atoms with E-state index in [1.807, 2.05) is 30.3 Å². The number of hydrogen-bond acceptors (Lipinski definition) is 3. The Morgan fingerprint density at radius 2 is 1.90 bits per heavy atom. The van der Waals surface area contributed by atoms with Crippen LogP contribution < -0.4 is 0 Å². The van der Waals surface area contributed by atoms with Crippen LogP contribution in [0.2, 0.25) is 0 Å². The van der Waals surface area contributed by atoms with Gasteiger partial charge in [0.05, 0.1) is 6.54 Å². The van der Waals surface area contributed by atoms with Gasteiger partial charge in [0.2, 0.25) is 5.91 Å². The summed E-state index contributed by atoms with van der Waals surface area (Å²) in [6.07, 6.45) is 3.87. The molecule has 1 amide bonds. The fourth-order valence-corrected chi connectivity index (χ4v) is 2.45. The summed E-state index contributed by atoms with van der Waals surface area (Å²) in [5, 5.41) is 1.49. The summed E-state index contributed by atoms with van der Waals surface area (Å²) in [6, 6.07) is 9.93. The molecule has 0 saturated carbocycles. The Labute approximate surface area is 121 Å². The first-order chi connectivity index (χ1) is 9.75. The standard InChI is InChI=1S/C16H24N2O2/c1-15(19)18(13-12-17-10-6-3-7-11-17)20-14-16-8-4-2-5-9-16/h2,4-5,8-9H,3,6-7,10-14H2,1H3. The fourth-order valence-electron chi connectivity index (χ4n) is 2.45. The third-order valence-electron chi connectivity index (χ3n) is 3.65. The summed E-state index contributed by atoms with van der Waals surface area (Å²) in [4.78, 5) is 19.7. The molecule has 1 aromatic rings. The van der Waals surface area contributed by atoms with Crippen molar-refractivity contribution in [1.82, 2.24) is 9.96 Å². The molecule has 0 spiro atoms. The van der Waals surface area contributed by atoms with Crippen LogP contribution in [0.25, 0.3) is 0 Å². The predicted molar refractivity (Wildman–Crippen MR) is 78.9 cm³/mol. The largest absolute Gasteiger partial charge is 0.301 e. The number of hydroxylamine groups is 2. The molecule has 4 nitrogen and oxygen atoms in total. The second-order valence-electron chi connectivity index (χ2n) is 5.28. The average Bonchev–Trinajstić information content (AvgIpc) is 2.49. The van der Waals surface area contributed by atoms with Gasteiger partial charge in [-0.3, -0.25) is 9.63 Å². The van der Waals surface area contributed by atoms with E-state index >= 15 is 0 Å². The Hall–Kier alpha value is -1.39. The van der Waals surface area contributed by atoms with Crippen LogP contribution in [-0.4, -0.2) is 42.0 Å². The monoisotopic (exact) mass is 276 g/mol. The lowest BCUT2D eigenvalue weighted by atomic mass is 10.1. The van der Waals surface area contributed by atoms with Crippen molar-refractivity contribution in [2.45, 2.75) is 32.8 Å². The quantitative estimate of drug-likeness (QED) is 0.748. The molecule has 0 bridgehead atoms. The van der Waals surface area contributed by atoms with Gasteiger partial charge in [0.1, 0.15) is 6.61 Å². The van der Waals surface area contributed by atoms with Crippen molar-refractivity contribution in [2.75, 3.05) is 26.2 Å². The van der Waals surface area contributed by atoms with Gasteiger partial charge in [-0.15, -0.1) is 0 Å². The Morgan fingerprint density at radius 1 is 1.20 bits per heavy atom. The highest BCUT2D eigenvalue weighted by Crippen LogP contribution is 2.09. The highest BCUT2D eigenvalue weighted by atomic mass is 16.7. The van der Waals surface area contributed by atoms with Crippen LogP contribution in [0.1, 0.15) is 31.7 Å². The van der Waals surface area contributed by atoms with E-state index in [0.29, 0.717) is 13.2 Å². The summed E-state index contributed by atoms with van der Waals surface area (Å²) >= 11 is 0. The third-order valence-corrected chi connectivity index (χ3v) is 3.65. The molecule has 4 heteroatoms. The molecule has 1 aliphatic heterocycles. The van der Waals surface area contributed by atoms with Gasteiger partial charge in [-0.25, -0.2) is 5.06 Å². The molecule has 20 heavy (non-hydrogen) atoms. The number of hydrogen-bond donors (Lipinski definition) is 0. The van der Waals surface area contributed by atoms with Gasteiger partial charge in [-0.1, -0.05) is 36.8 Å². The summed E-state index contributed by atoms with van der Waals surface area (Å²) in [5.41, 5.74) is 1.08. The van der Waals surface area contributed by atoms with Gasteiger partial charge in [0.15, 0.2) is 0 Å². The molecule has 1 aromatic carbocycles. The second kappa shape index (κ2) is 8.02. The number of carbonyl (C=O) groups excluding carboxylic acids is 1. The van der Waals surface area contributed by atoms with Gasteiger partial charge in [-0.2, -0.15) is 0 Å². The Kier molecular flexibility index (Phi) is 6.02. The van der Waals surface area contributed by atoms with Crippen LogP contribution in [0.15, 0.2) is 30.3 Å². The minimum atomic E-state index is -0.0297. The van der Waals surface area contributed by atoms with Crippen molar-refractivity contribution in [3.63, 3.8) is 0 Å². The summed E-state index contributed by atoms with van der Waals surface area (Å²) < 4.78 is 0. The number of carbonyl (C=O) groups is 1. The Morgan fingerprint density at radius 3 is 2.55 bits per heavy atom. The van der Waals surface area contributed by atoms with E-state index in [0.717, 1.165) is 25.2 Å². The van der Waals surface area contributed by atoms with Crippen LogP contribution >= 0.6 is 0 Å².